The number of hydrogen-bond donors (Lipinski definition) is 1. The largest absolute Gasteiger partial charge is 0.495 e. The van der Waals surface area contributed by atoms with Crippen LogP contribution in [0.5, 0.6) is 5.75 Å². The summed E-state index contributed by atoms with van der Waals surface area (Å²) in [6.07, 6.45) is 0. The predicted octanol–water partition coefficient (Wildman–Crippen LogP) is 4.66. The van der Waals surface area contributed by atoms with Gasteiger partial charge in [0.25, 0.3) is 11.5 Å². The van der Waals surface area contributed by atoms with Crippen molar-refractivity contribution in [2.24, 2.45) is 7.05 Å². The summed E-state index contributed by atoms with van der Waals surface area (Å²) in [7, 11) is 2.99. The molecule has 0 unspecified atom stereocenters. The standard InChI is InChI=1S/C26H21ClN2O5/c1-29-24(26(32)34-15-22(30)28-20-9-5-6-10-21(20)33-2)23(16-11-13-17(27)14-12-16)18-7-3-4-8-19(18)25(29)31/h3-14H,15H2,1-2H3,(H,28,30). The molecule has 1 amide bonds. The van der Waals surface area contributed by atoms with E-state index in [-0.39, 0.29) is 11.3 Å². The van der Waals surface area contributed by atoms with Crippen LogP contribution in [0.3, 0.4) is 0 Å². The summed E-state index contributed by atoms with van der Waals surface area (Å²) in [5.74, 6) is -0.869. The molecule has 0 fully saturated rings. The molecule has 1 aromatic heterocycles. The number of fused-ring (bicyclic) bond motifs is 1. The zero-order chi connectivity index (χ0) is 24.2. The lowest BCUT2D eigenvalue weighted by molar-refractivity contribution is -0.119. The Morgan fingerprint density at radius 2 is 1.59 bits per heavy atom. The Hall–Kier alpha value is -4.10. The van der Waals surface area contributed by atoms with E-state index in [9.17, 15) is 14.4 Å². The van der Waals surface area contributed by atoms with Crippen LogP contribution in [-0.2, 0) is 16.6 Å². The molecule has 0 spiro atoms. The van der Waals surface area contributed by atoms with E-state index in [1.54, 1.807) is 72.8 Å². The number of para-hydroxylation sites is 2. The Labute approximate surface area is 200 Å². The Balaban J connectivity index is 1.69. The number of pyridine rings is 1. The van der Waals surface area contributed by atoms with Gasteiger partial charge in [-0.3, -0.25) is 9.59 Å². The second-order valence-electron chi connectivity index (χ2n) is 7.46. The molecule has 8 heteroatoms. The fraction of sp³-hybridized carbons (Fsp3) is 0.115. The Kier molecular flexibility index (Phi) is 6.65. The van der Waals surface area contributed by atoms with Gasteiger partial charge in [-0.25, -0.2) is 4.79 Å². The van der Waals surface area contributed by atoms with Gasteiger partial charge in [0.15, 0.2) is 6.61 Å². The summed E-state index contributed by atoms with van der Waals surface area (Å²) in [5.41, 5.74) is 1.34. The molecule has 3 aromatic carbocycles. The van der Waals surface area contributed by atoms with Gasteiger partial charge in [0, 0.05) is 23.0 Å². The topological polar surface area (TPSA) is 86.6 Å². The van der Waals surface area contributed by atoms with E-state index < -0.39 is 18.5 Å². The molecule has 34 heavy (non-hydrogen) atoms. The fourth-order valence-electron chi connectivity index (χ4n) is 3.75. The van der Waals surface area contributed by atoms with Gasteiger partial charge in [0.1, 0.15) is 11.4 Å². The smallest absolute Gasteiger partial charge is 0.356 e. The number of nitrogens with one attached hydrogen (secondary N) is 1. The number of rotatable bonds is 6. The highest BCUT2D eigenvalue weighted by molar-refractivity contribution is 6.30. The Morgan fingerprint density at radius 3 is 2.29 bits per heavy atom. The second-order valence-corrected chi connectivity index (χ2v) is 7.90. The van der Waals surface area contributed by atoms with Crippen molar-refractivity contribution in [3.05, 3.63) is 93.9 Å². The maximum Gasteiger partial charge on any atom is 0.356 e. The fourth-order valence-corrected chi connectivity index (χ4v) is 3.87. The highest BCUT2D eigenvalue weighted by Crippen LogP contribution is 2.32. The van der Waals surface area contributed by atoms with Crippen LogP contribution in [0.2, 0.25) is 5.02 Å². The van der Waals surface area contributed by atoms with Crippen molar-refractivity contribution in [3.8, 4) is 16.9 Å². The SMILES string of the molecule is COc1ccccc1NC(=O)COC(=O)c1c(-c2ccc(Cl)cc2)c2ccccc2c(=O)n1C. The molecule has 0 bridgehead atoms. The number of hydrogen-bond acceptors (Lipinski definition) is 5. The van der Waals surface area contributed by atoms with E-state index in [4.69, 9.17) is 21.1 Å². The number of carbonyl (C=O) groups is 2. The van der Waals surface area contributed by atoms with Crippen molar-refractivity contribution in [1.29, 1.82) is 0 Å². The molecule has 1 N–H and O–H groups in total. The Morgan fingerprint density at radius 1 is 0.941 bits per heavy atom. The molecule has 0 aliphatic carbocycles. The number of halogens is 1. The number of nitrogens with zero attached hydrogens (tertiary/aromatic N) is 1. The van der Waals surface area contributed by atoms with Crippen LogP contribution in [0, 0.1) is 0 Å². The summed E-state index contributed by atoms with van der Waals surface area (Å²) >= 11 is 6.05. The van der Waals surface area contributed by atoms with E-state index in [1.807, 2.05) is 0 Å². The zero-order valence-electron chi connectivity index (χ0n) is 18.5. The molecule has 0 radical (unpaired) electrons. The normalized spacial score (nSPS) is 10.7. The molecule has 0 aliphatic heterocycles. The number of methoxy groups -OCH3 is 1. The van der Waals surface area contributed by atoms with Crippen LogP contribution in [0.15, 0.2) is 77.6 Å². The average molecular weight is 477 g/mol. The van der Waals surface area contributed by atoms with Crippen LogP contribution >= 0.6 is 11.6 Å². The first kappa shape index (κ1) is 23.1. The first-order chi connectivity index (χ1) is 16.4. The lowest BCUT2D eigenvalue weighted by Crippen LogP contribution is -2.28. The van der Waals surface area contributed by atoms with E-state index in [1.165, 1.54) is 18.7 Å². The van der Waals surface area contributed by atoms with Crippen LogP contribution in [-0.4, -0.2) is 30.2 Å². The highest BCUT2D eigenvalue weighted by Gasteiger charge is 2.23. The van der Waals surface area contributed by atoms with Gasteiger partial charge in [-0.05, 0) is 41.3 Å². The molecular formula is C26H21ClN2O5. The summed E-state index contributed by atoms with van der Waals surface area (Å²) < 4.78 is 11.8. The third kappa shape index (κ3) is 4.51. The summed E-state index contributed by atoms with van der Waals surface area (Å²) in [6, 6.07) is 20.8. The maximum atomic E-state index is 13.2. The van der Waals surface area contributed by atoms with Crippen LogP contribution < -0.4 is 15.6 Å². The number of ether oxygens (including phenoxy) is 2. The molecule has 0 saturated carbocycles. The molecule has 4 rings (SSSR count). The maximum absolute atomic E-state index is 13.2. The van der Waals surface area contributed by atoms with Crippen molar-refractivity contribution in [2.75, 3.05) is 19.0 Å². The van der Waals surface area contributed by atoms with Gasteiger partial charge >= 0.3 is 5.97 Å². The number of anilines is 1. The Bertz CT molecular complexity index is 1440. The lowest BCUT2D eigenvalue weighted by Gasteiger charge is -2.17. The van der Waals surface area contributed by atoms with Crippen LogP contribution in [0.1, 0.15) is 10.5 Å². The number of aromatic nitrogens is 1. The van der Waals surface area contributed by atoms with Crippen molar-refractivity contribution in [3.63, 3.8) is 0 Å². The summed E-state index contributed by atoms with van der Waals surface area (Å²) in [6.45, 7) is -0.544. The lowest BCUT2D eigenvalue weighted by atomic mass is 9.97. The van der Waals surface area contributed by atoms with Crippen LogP contribution in [0.25, 0.3) is 21.9 Å². The van der Waals surface area contributed by atoms with Gasteiger partial charge in [-0.2, -0.15) is 0 Å². The van der Waals surface area contributed by atoms with Gasteiger partial charge in [-0.1, -0.05) is 54.1 Å². The first-order valence-electron chi connectivity index (χ1n) is 10.4. The summed E-state index contributed by atoms with van der Waals surface area (Å²) in [5, 5.41) is 4.24. The van der Waals surface area contributed by atoms with Crippen molar-refractivity contribution in [2.45, 2.75) is 0 Å². The van der Waals surface area contributed by atoms with E-state index in [0.29, 0.717) is 38.4 Å². The third-order valence-electron chi connectivity index (χ3n) is 5.35. The van der Waals surface area contributed by atoms with Crippen molar-refractivity contribution >= 4 is 39.9 Å². The average Bonchev–Trinajstić information content (AvgIpc) is 2.85. The zero-order valence-corrected chi connectivity index (χ0v) is 19.3. The molecule has 0 aliphatic rings. The molecule has 0 atom stereocenters. The molecule has 4 aromatic rings. The minimum absolute atomic E-state index is 0.0381. The third-order valence-corrected chi connectivity index (χ3v) is 5.60. The van der Waals surface area contributed by atoms with Crippen molar-refractivity contribution in [1.82, 2.24) is 4.57 Å². The van der Waals surface area contributed by atoms with E-state index in [0.717, 1.165) is 0 Å². The number of amides is 1. The summed E-state index contributed by atoms with van der Waals surface area (Å²) in [4.78, 5) is 38.6. The second kappa shape index (κ2) is 9.80. The minimum Gasteiger partial charge on any atom is -0.495 e. The number of benzene rings is 3. The van der Waals surface area contributed by atoms with Gasteiger partial charge in [-0.15, -0.1) is 0 Å². The first-order valence-corrected chi connectivity index (χ1v) is 10.8. The number of esters is 1. The van der Waals surface area contributed by atoms with Gasteiger partial charge in [0.2, 0.25) is 0 Å². The monoisotopic (exact) mass is 476 g/mol. The predicted molar refractivity (Wildman–Crippen MR) is 132 cm³/mol. The quantitative estimate of drug-likeness (QED) is 0.409. The van der Waals surface area contributed by atoms with E-state index in [2.05, 4.69) is 5.32 Å². The molecular weight excluding hydrogens is 456 g/mol. The van der Waals surface area contributed by atoms with Gasteiger partial charge in [0.05, 0.1) is 12.8 Å². The number of carbonyl (C=O) groups excluding carboxylic acids is 2. The van der Waals surface area contributed by atoms with Crippen molar-refractivity contribution < 1.29 is 19.1 Å². The minimum atomic E-state index is -0.800. The van der Waals surface area contributed by atoms with E-state index >= 15 is 0 Å². The van der Waals surface area contributed by atoms with Gasteiger partial charge < -0.3 is 19.4 Å². The molecule has 172 valence electrons. The van der Waals surface area contributed by atoms with Crippen LogP contribution in [0.4, 0.5) is 5.69 Å². The molecule has 0 saturated heterocycles. The molecule has 1 heterocycles. The highest BCUT2D eigenvalue weighted by atomic mass is 35.5. The molecule has 7 nitrogen and oxygen atoms in total.